The molecule has 0 amide bonds. The Hall–Kier alpha value is -0.0400. The second-order valence-corrected chi connectivity index (χ2v) is 7.23. The number of rotatable bonds is 8. The molecule has 1 heteroatoms. The molecule has 0 aromatic rings. The molecule has 0 aromatic heterocycles. The third-order valence-corrected chi connectivity index (χ3v) is 6.13. The Labute approximate surface area is 127 Å². The highest BCUT2D eigenvalue weighted by molar-refractivity contribution is 4.95. The largest absolute Gasteiger partial charge is 0.378 e. The van der Waals surface area contributed by atoms with E-state index in [1.807, 2.05) is 0 Å². The average molecular weight is 283 g/mol. The molecule has 0 bridgehead atoms. The summed E-state index contributed by atoms with van der Waals surface area (Å²) in [5, 5.41) is 0. The van der Waals surface area contributed by atoms with Crippen LogP contribution in [-0.4, -0.2) is 12.7 Å². The van der Waals surface area contributed by atoms with Crippen LogP contribution in [0.1, 0.15) is 74.1 Å². The predicted octanol–water partition coefficient (Wildman–Crippen LogP) is 5.78. The minimum atomic E-state index is 0.394. The van der Waals surface area contributed by atoms with Gasteiger partial charge >= 0.3 is 0 Å². The topological polar surface area (TPSA) is 9.23 Å². The van der Waals surface area contributed by atoms with Crippen LogP contribution in [0.4, 0.5) is 0 Å². The number of hydrogen-bond acceptors (Lipinski definition) is 1. The van der Waals surface area contributed by atoms with E-state index in [-0.39, 0.29) is 0 Å². The van der Waals surface area contributed by atoms with Gasteiger partial charge in [-0.25, -0.2) is 0 Å². The van der Waals surface area contributed by atoms with Crippen LogP contribution in [0.15, 0.2) is 0 Å². The van der Waals surface area contributed by atoms with Gasteiger partial charge in [0.15, 0.2) is 0 Å². The van der Waals surface area contributed by atoms with Crippen molar-refractivity contribution in [3.05, 3.63) is 0 Å². The standard InChI is InChI=1S/C19H38O/c1-8-15-16(9-2)18(11-4)19(17(15)10-3)12-20-14(7)13(5)6/h13-19H,8-12H2,1-7H3. The van der Waals surface area contributed by atoms with E-state index >= 15 is 0 Å². The van der Waals surface area contributed by atoms with Gasteiger partial charge in [-0.2, -0.15) is 0 Å². The highest BCUT2D eigenvalue weighted by Crippen LogP contribution is 2.51. The summed E-state index contributed by atoms with van der Waals surface area (Å²) in [4.78, 5) is 0. The summed E-state index contributed by atoms with van der Waals surface area (Å²) < 4.78 is 6.24. The molecule has 1 rings (SSSR count). The van der Waals surface area contributed by atoms with Gasteiger partial charge in [0.1, 0.15) is 0 Å². The first-order chi connectivity index (χ1) is 9.51. The van der Waals surface area contributed by atoms with Crippen LogP contribution < -0.4 is 0 Å². The molecule has 0 aromatic carbocycles. The van der Waals surface area contributed by atoms with Crippen molar-refractivity contribution in [1.82, 2.24) is 0 Å². The maximum atomic E-state index is 6.24. The summed E-state index contributed by atoms with van der Waals surface area (Å²) in [6.07, 6.45) is 5.75. The van der Waals surface area contributed by atoms with Crippen molar-refractivity contribution in [2.45, 2.75) is 80.3 Å². The second-order valence-electron chi connectivity index (χ2n) is 7.23. The van der Waals surface area contributed by atoms with Crippen molar-refractivity contribution >= 4 is 0 Å². The summed E-state index contributed by atoms with van der Waals surface area (Å²) in [5.74, 6) is 5.04. The first-order valence-corrected chi connectivity index (χ1v) is 9.13. The van der Waals surface area contributed by atoms with Crippen LogP contribution in [0.25, 0.3) is 0 Å². The summed E-state index contributed by atoms with van der Waals surface area (Å²) >= 11 is 0. The Balaban J connectivity index is 2.78. The van der Waals surface area contributed by atoms with Gasteiger partial charge in [0.05, 0.1) is 12.7 Å². The van der Waals surface area contributed by atoms with E-state index in [4.69, 9.17) is 4.74 Å². The van der Waals surface area contributed by atoms with Crippen LogP contribution in [0.3, 0.4) is 0 Å². The molecule has 0 saturated heterocycles. The van der Waals surface area contributed by atoms with Gasteiger partial charge in [0, 0.05) is 0 Å². The van der Waals surface area contributed by atoms with Gasteiger partial charge in [-0.3, -0.25) is 0 Å². The van der Waals surface area contributed by atoms with Crippen LogP contribution in [0, 0.1) is 35.5 Å². The lowest BCUT2D eigenvalue weighted by atomic mass is 9.82. The molecule has 0 N–H and O–H groups in total. The van der Waals surface area contributed by atoms with Crippen LogP contribution >= 0.6 is 0 Å². The van der Waals surface area contributed by atoms with E-state index in [0.29, 0.717) is 12.0 Å². The Morgan fingerprint density at radius 1 is 0.650 bits per heavy atom. The summed E-state index contributed by atoms with van der Waals surface area (Å²) in [6.45, 7) is 17.3. The van der Waals surface area contributed by atoms with Crippen molar-refractivity contribution in [3.8, 4) is 0 Å². The Bertz CT molecular complexity index is 242. The molecule has 5 atom stereocenters. The average Bonchev–Trinajstić information content (AvgIpc) is 2.75. The van der Waals surface area contributed by atoms with Crippen molar-refractivity contribution in [1.29, 1.82) is 0 Å². The van der Waals surface area contributed by atoms with E-state index in [0.717, 1.165) is 36.2 Å². The molecule has 0 aliphatic heterocycles. The van der Waals surface area contributed by atoms with Crippen LogP contribution in [0.2, 0.25) is 0 Å². The van der Waals surface area contributed by atoms with Crippen LogP contribution in [0.5, 0.6) is 0 Å². The SMILES string of the molecule is CCC1C(CC)C(CC)C(COC(C)C(C)C)C1CC. The minimum Gasteiger partial charge on any atom is -0.378 e. The molecule has 1 aliphatic rings. The lowest BCUT2D eigenvalue weighted by Gasteiger charge is -2.28. The molecule has 0 spiro atoms. The zero-order valence-corrected chi connectivity index (χ0v) is 15.0. The highest BCUT2D eigenvalue weighted by Gasteiger charge is 2.46. The lowest BCUT2D eigenvalue weighted by molar-refractivity contribution is -0.00713. The molecule has 120 valence electrons. The van der Waals surface area contributed by atoms with Gasteiger partial charge in [-0.15, -0.1) is 0 Å². The fourth-order valence-corrected chi connectivity index (χ4v) is 4.71. The first-order valence-electron chi connectivity index (χ1n) is 9.13. The molecule has 1 saturated carbocycles. The maximum absolute atomic E-state index is 6.24. The molecule has 1 fully saturated rings. The Kier molecular flexibility index (Phi) is 7.58. The molecule has 1 aliphatic carbocycles. The van der Waals surface area contributed by atoms with Gasteiger partial charge in [-0.05, 0) is 42.4 Å². The van der Waals surface area contributed by atoms with Crippen molar-refractivity contribution in [3.63, 3.8) is 0 Å². The molecule has 5 unspecified atom stereocenters. The molecule has 20 heavy (non-hydrogen) atoms. The number of ether oxygens (including phenoxy) is 1. The summed E-state index contributed by atoms with van der Waals surface area (Å²) in [5.41, 5.74) is 0. The van der Waals surface area contributed by atoms with E-state index < -0.39 is 0 Å². The van der Waals surface area contributed by atoms with Crippen LogP contribution in [-0.2, 0) is 4.74 Å². The predicted molar refractivity (Wildman–Crippen MR) is 88.9 cm³/mol. The van der Waals surface area contributed by atoms with Crippen molar-refractivity contribution < 1.29 is 4.74 Å². The quantitative estimate of drug-likeness (QED) is 0.548. The second kappa shape index (κ2) is 8.41. The van der Waals surface area contributed by atoms with Crippen molar-refractivity contribution in [2.75, 3.05) is 6.61 Å². The zero-order valence-electron chi connectivity index (χ0n) is 15.0. The molecular formula is C19H38O. The normalized spacial score (nSPS) is 35.7. The smallest absolute Gasteiger partial charge is 0.0570 e. The fourth-order valence-electron chi connectivity index (χ4n) is 4.71. The van der Waals surface area contributed by atoms with E-state index in [1.165, 1.54) is 25.7 Å². The fraction of sp³-hybridized carbons (Fsp3) is 1.00. The third-order valence-electron chi connectivity index (χ3n) is 6.13. The maximum Gasteiger partial charge on any atom is 0.0570 e. The molecular weight excluding hydrogens is 244 g/mol. The lowest BCUT2D eigenvalue weighted by Crippen LogP contribution is -2.26. The van der Waals surface area contributed by atoms with Gasteiger partial charge in [0.2, 0.25) is 0 Å². The van der Waals surface area contributed by atoms with Gasteiger partial charge in [-0.1, -0.05) is 67.2 Å². The summed E-state index contributed by atoms with van der Waals surface area (Å²) in [7, 11) is 0. The molecule has 0 radical (unpaired) electrons. The van der Waals surface area contributed by atoms with E-state index in [9.17, 15) is 0 Å². The zero-order chi connectivity index (χ0) is 15.3. The third kappa shape index (κ3) is 3.78. The first kappa shape index (κ1) is 18.0. The van der Waals surface area contributed by atoms with Gasteiger partial charge < -0.3 is 4.74 Å². The number of hydrogen-bond donors (Lipinski definition) is 0. The van der Waals surface area contributed by atoms with E-state index in [1.54, 1.807) is 0 Å². The van der Waals surface area contributed by atoms with E-state index in [2.05, 4.69) is 48.5 Å². The van der Waals surface area contributed by atoms with Crippen molar-refractivity contribution in [2.24, 2.45) is 35.5 Å². The highest BCUT2D eigenvalue weighted by atomic mass is 16.5. The minimum absolute atomic E-state index is 0.394. The Morgan fingerprint density at radius 3 is 1.30 bits per heavy atom. The van der Waals surface area contributed by atoms with Gasteiger partial charge in [0.25, 0.3) is 0 Å². The Morgan fingerprint density at radius 2 is 1.00 bits per heavy atom. The monoisotopic (exact) mass is 282 g/mol. The summed E-state index contributed by atoms with van der Waals surface area (Å²) in [6, 6.07) is 0. The molecule has 1 nitrogen and oxygen atoms in total. The molecule has 0 heterocycles.